The maximum atomic E-state index is 12.8. The summed E-state index contributed by atoms with van der Waals surface area (Å²) in [5.74, 6) is -0.106. The number of H-pyrrole nitrogens is 1. The fourth-order valence-electron chi connectivity index (χ4n) is 2.51. The van der Waals surface area contributed by atoms with Gasteiger partial charge in [-0.25, -0.2) is 4.79 Å². The summed E-state index contributed by atoms with van der Waals surface area (Å²) >= 11 is 0. The van der Waals surface area contributed by atoms with Gasteiger partial charge in [-0.2, -0.15) is 22.0 Å². The fraction of sp³-hybridized carbons (Fsp3) is 0.188. The Morgan fingerprint density at radius 2 is 1.84 bits per heavy atom. The molecule has 0 aliphatic carbocycles. The Labute approximate surface area is 137 Å². The molecule has 25 heavy (non-hydrogen) atoms. The van der Waals surface area contributed by atoms with E-state index in [1.54, 1.807) is 6.07 Å². The molecule has 1 heterocycles. The number of nitrogens with zero attached hydrogens (tertiary/aromatic N) is 1. The van der Waals surface area contributed by atoms with E-state index in [9.17, 15) is 26.7 Å². The summed E-state index contributed by atoms with van der Waals surface area (Å²) in [4.78, 5) is 14.4. The number of alkyl halides is 5. The zero-order valence-electron chi connectivity index (χ0n) is 12.5. The van der Waals surface area contributed by atoms with Crippen molar-refractivity contribution in [1.82, 2.24) is 9.55 Å². The van der Waals surface area contributed by atoms with Crippen LogP contribution in [0.15, 0.2) is 47.3 Å². The molecule has 0 saturated heterocycles. The number of hydrogen-bond acceptors (Lipinski definition) is 2. The molecule has 0 bridgehead atoms. The lowest BCUT2D eigenvalue weighted by Gasteiger charge is -2.11. The molecule has 0 aliphatic rings. The predicted octanol–water partition coefficient (Wildman–Crippen LogP) is 4.00. The lowest BCUT2D eigenvalue weighted by atomic mass is 10.1. The lowest BCUT2D eigenvalue weighted by Crippen LogP contribution is -2.18. The van der Waals surface area contributed by atoms with Gasteiger partial charge in [0.15, 0.2) is 0 Å². The van der Waals surface area contributed by atoms with Gasteiger partial charge in [0.05, 0.1) is 23.1 Å². The number of imidazole rings is 1. The minimum absolute atomic E-state index is 0.00656. The van der Waals surface area contributed by atoms with Gasteiger partial charge in [-0.1, -0.05) is 18.2 Å². The molecule has 0 amide bonds. The molecule has 0 atom stereocenters. The molecule has 1 N–H and O–H groups in total. The van der Waals surface area contributed by atoms with Gasteiger partial charge < -0.3 is 9.72 Å². The van der Waals surface area contributed by atoms with Gasteiger partial charge in [-0.3, -0.25) is 4.57 Å². The normalized spacial score (nSPS) is 12.1. The van der Waals surface area contributed by atoms with E-state index in [2.05, 4.69) is 9.72 Å². The molecule has 4 nitrogen and oxygen atoms in total. The first-order valence-electron chi connectivity index (χ1n) is 7.08. The van der Waals surface area contributed by atoms with Crippen LogP contribution in [0.1, 0.15) is 11.1 Å². The van der Waals surface area contributed by atoms with Gasteiger partial charge in [-0.05, 0) is 24.3 Å². The Morgan fingerprint density at radius 1 is 1.12 bits per heavy atom. The van der Waals surface area contributed by atoms with Crippen molar-refractivity contribution in [3.8, 4) is 5.75 Å². The molecule has 3 rings (SSSR count). The Balaban J connectivity index is 2.03. The van der Waals surface area contributed by atoms with Crippen LogP contribution in [0.25, 0.3) is 11.0 Å². The first-order chi connectivity index (χ1) is 11.8. The summed E-state index contributed by atoms with van der Waals surface area (Å²) in [7, 11) is 0. The number of aromatic amines is 1. The van der Waals surface area contributed by atoms with Crippen LogP contribution in [0.3, 0.4) is 0 Å². The highest BCUT2D eigenvalue weighted by Crippen LogP contribution is 2.31. The summed E-state index contributed by atoms with van der Waals surface area (Å²) in [6.07, 6.45) is -4.54. The Kier molecular flexibility index (Phi) is 4.23. The van der Waals surface area contributed by atoms with Crippen molar-refractivity contribution in [2.45, 2.75) is 19.3 Å². The van der Waals surface area contributed by atoms with Gasteiger partial charge in [0.25, 0.3) is 0 Å². The Bertz CT molecular complexity index is 959. The number of aromatic nitrogens is 2. The molecule has 0 saturated carbocycles. The van der Waals surface area contributed by atoms with Gasteiger partial charge >= 0.3 is 18.5 Å². The maximum absolute atomic E-state index is 12.8. The smallest absolute Gasteiger partial charge is 0.416 e. The molecule has 0 spiro atoms. The molecule has 0 radical (unpaired) electrons. The SMILES string of the molecule is O=c1[nH]c2cc(C(F)(F)F)ccc2n1Cc1ccccc1OC(F)F. The monoisotopic (exact) mass is 358 g/mol. The van der Waals surface area contributed by atoms with Crippen LogP contribution >= 0.6 is 0 Å². The third-order valence-corrected chi connectivity index (χ3v) is 3.62. The highest BCUT2D eigenvalue weighted by atomic mass is 19.4. The second-order valence-corrected chi connectivity index (χ2v) is 5.23. The third kappa shape index (κ3) is 3.49. The molecular formula is C16H11F5N2O2. The van der Waals surface area contributed by atoms with Crippen LogP contribution in [0.5, 0.6) is 5.75 Å². The molecular weight excluding hydrogens is 347 g/mol. The van der Waals surface area contributed by atoms with Crippen LogP contribution < -0.4 is 10.4 Å². The fourth-order valence-corrected chi connectivity index (χ4v) is 2.51. The summed E-state index contributed by atoms with van der Waals surface area (Å²) in [6.45, 7) is -3.16. The number of halogens is 5. The van der Waals surface area contributed by atoms with Crippen molar-refractivity contribution < 1.29 is 26.7 Å². The van der Waals surface area contributed by atoms with Crippen LogP contribution in [-0.2, 0) is 12.7 Å². The van der Waals surface area contributed by atoms with Crippen LogP contribution in [0, 0.1) is 0 Å². The van der Waals surface area contributed by atoms with Crippen LogP contribution in [0.4, 0.5) is 22.0 Å². The number of para-hydroxylation sites is 1. The van der Waals surface area contributed by atoms with E-state index in [1.807, 2.05) is 0 Å². The van der Waals surface area contributed by atoms with Gasteiger partial charge in [0.1, 0.15) is 5.75 Å². The quantitative estimate of drug-likeness (QED) is 0.717. The second-order valence-electron chi connectivity index (χ2n) is 5.23. The molecule has 0 fully saturated rings. The van der Waals surface area contributed by atoms with Crippen molar-refractivity contribution in [3.63, 3.8) is 0 Å². The van der Waals surface area contributed by atoms with E-state index in [0.717, 1.165) is 22.8 Å². The van der Waals surface area contributed by atoms with Gasteiger partial charge in [0.2, 0.25) is 0 Å². The number of benzene rings is 2. The van der Waals surface area contributed by atoms with E-state index >= 15 is 0 Å². The van der Waals surface area contributed by atoms with Crippen molar-refractivity contribution >= 4 is 11.0 Å². The summed E-state index contributed by atoms with van der Waals surface area (Å²) in [6, 6.07) is 8.73. The summed E-state index contributed by atoms with van der Waals surface area (Å²) in [5, 5.41) is 0. The highest BCUT2D eigenvalue weighted by Gasteiger charge is 2.31. The maximum Gasteiger partial charge on any atom is 0.416 e. The number of hydrogen-bond donors (Lipinski definition) is 1. The third-order valence-electron chi connectivity index (χ3n) is 3.62. The summed E-state index contributed by atoms with van der Waals surface area (Å²) < 4.78 is 68.8. The van der Waals surface area contributed by atoms with E-state index in [0.29, 0.717) is 5.56 Å². The zero-order valence-corrected chi connectivity index (χ0v) is 12.5. The molecule has 0 unspecified atom stereocenters. The van der Waals surface area contributed by atoms with Crippen LogP contribution in [0.2, 0.25) is 0 Å². The Hall–Kier alpha value is -2.84. The predicted molar refractivity (Wildman–Crippen MR) is 79.7 cm³/mol. The molecule has 1 aromatic heterocycles. The first kappa shape index (κ1) is 17.0. The zero-order chi connectivity index (χ0) is 18.2. The average molecular weight is 358 g/mol. The number of rotatable bonds is 4. The van der Waals surface area contributed by atoms with Crippen LogP contribution in [-0.4, -0.2) is 16.2 Å². The molecule has 0 aliphatic heterocycles. The van der Waals surface area contributed by atoms with E-state index in [4.69, 9.17) is 0 Å². The number of nitrogens with one attached hydrogen (secondary N) is 1. The minimum Gasteiger partial charge on any atom is -0.434 e. The largest absolute Gasteiger partial charge is 0.434 e. The van der Waals surface area contributed by atoms with E-state index < -0.39 is 24.0 Å². The second kappa shape index (κ2) is 6.23. The molecule has 9 heteroatoms. The molecule has 132 valence electrons. The number of fused-ring (bicyclic) bond motifs is 1. The number of ether oxygens (including phenoxy) is 1. The minimum atomic E-state index is -4.54. The van der Waals surface area contributed by atoms with Crippen molar-refractivity contribution in [1.29, 1.82) is 0 Å². The Morgan fingerprint density at radius 3 is 2.52 bits per heavy atom. The molecule has 3 aromatic rings. The average Bonchev–Trinajstić information content (AvgIpc) is 2.83. The van der Waals surface area contributed by atoms with Crippen molar-refractivity contribution in [3.05, 3.63) is 64.1 Å². The van der Waals surface area contributed by atoms with Gasteiger partial charge in [0, 0.05) is 5.56 Å². The topological polar surface area (TPSA) is 47.0 Å². The highest BCUT2D eigenvalue weighted by molar-refractivity contribution is 5.76. The van der Waals surface area contributed by atoms with Gasteiger partial charge in [-0.15, -0.1) is 0 Å². The first-order valence-corrected chi connectivity index (χ1v) is 7.08. The van der Waals surface area contributed by atoms with Crippen molar-refractivity contribution in [2.75, 3.05) is 0 Å². The van der Waals surface area contributed by atoms with E-state index in [-0.39, 0.29) is 23.3 Å². The standard InChI is InChI=1S/C16H11F5N2O2/c17-14(18)25-13-4-2-1-3-9(13)8-23-12-6-5-10(16(19,20)21)7-11(12)22-15(23)24/h1-7,14H,8H2,(H,22,24). The lowest BCUT2D eigenvalue weighted by molar-refractivity contribution is -0.137. The molecule has 2 aromatic carbocycles. The van der Waals surface area contributed by atoms with E-state index in [1.165, 1.54) is 18.2 Å². The van der Waals surface area contributed by atoms with Crippen molar-refractivity contribution in [2.24, 2.45) is 0 Å². The summed E-state index contributed by atoms with van der Waals surface area (Å²) in [5.41, 5.74) is -1.02.